The number of hydrogen-bond donors (Lipinski definition) is 2. The summed E-state index contributed by atoms with van der Waals surface area (Å²) in [6.07, 6.45) is 3.68. The number of fused-ring (bicyclic) bond motifs is 1. The van der Waals surface area contributed by atoms with Gasteiger partial charge in [-0.2, -0.15) is 5.10 Å². The number of nitrogens with zero attached hydrogens (tertiary/aromatic N) is 4. The van der Waals surface area contributed by atoms with E-state index in [4.69, 9.17) is 11.6 Å². The minimum absolute atomic E-state index is 0.232. The summed E-state index contributed by atoms with van der Waals surface area (Å²) in [6, 6.07) is 5.42. The maximum absolute atomic E-state index is 12.4. The lowest BCUT2D eigenvalue weighted by Crippen LogP contribution is -2.27. The number of amides is 1. The van der Waals surface area contributed by atoms with Crippen LogP contribution < -0.4 is 10.6 Å². The Kier molecular flexibility index (Phi) is 6.79. The third-order valence-electron chi connectivity index (χ3n) is 3.87. The van der Waals surface area contributed by atoms with Gasteiger partial charge in [0.05, 0.1) is 28.7 Å². The fourth-order valence-corrected chi connectivity index (χ4v) is 3.54. The smallest absolute Gasteiger partial charge is 0.252 e. The van der Waals surface area contributed by atoms with E-state index in [2.05, 4.69) is 55.5 Å². The van der Waals surface area contributed by atoms with E-state index in [1.807, 2.05) is 6.26 Å². The maximum Gasteiger partial charge on any atom is 0.252 e. The molecule has 0 bridgehead atoms. The summed E-state index contributed by atoms with van der Waals surface area (Å²) in [6.45, 7) is 4.98. The van der Waals surface area contributed by atoms with Crippen LogP contribution in [0.25, 0.3) is 11.0 Å². The van der Waals surface area contributed by atoms with E-state index in [1.165, 1.54) is 11.8 Å². The van der Waals surface area contributed by atoms with Gasteiger partial charge >= 0.3 is 0 Å². The topological polar surface area (TPSA) is 84.7 Å². The van der Waals surface area contributed by atoms with Gasteiger partial charge in [-0.1, -0.05) is 39.3 Å². The van der Waals surface area contributed by atoms with Gasteiger partial charge in [0.15, 0.2) is 10.8 Å². The van der Waals surface area contributed by atoms with Gasteiger partial charge in [0.2, 0.25) is 0 Å². The number of rotatable bonds is 7. The predicted molar refractivity (Wildman–Crippen MR) is 117 cm³/mol. The number of carbonyl (C=O) groups excluding carboxylic acids is 1. The van der Waals surface area contributed by atoms with Crippen molar-refractivity contribution < 1.29 is 4.79 Å². The first-order valence-electron chi connectivity index (χ1n) is 8.66. The molecule has 0 radical (unpaired) electrons. The maximum atomic E-state index is 12.4. The van der Waals surface area contributed by atoms with E-state index in [0.29, 0.717) is 28.8 Å². The molecule has 1 aromatic carbocycles. The number of aromatic nitrogens is 4. The number of nitrogens with one attached hydrogen (secondary N) is 2. The van der Waals surface area contributed by atoms with Gasteiger partial charge < -0.3 is 10.6 Å². The molecule has 148 valence electrons. The molecule has 0 saturated carbocycles. The van der Waals surface area contributed by atoms with Crippen LogP contribution in [0.1, 0.15) is 24.2 Å². The van der Waals surface area contributed by atoms with Crippen molar-refractivity contribution >= 4 is 62.1 Å². The zero-order valence-corrected chi connectivity index (χ0v) is 18.8. The second-order valence-corrected chi connectivity index (χ2v) is 8.44. The molecule has 2 heterocycles. The van der Waals surface area contributed by atoms with Crippen molar-refractivity contribution in [3.8, 4) is 0 Å². The number of thioether (sulfide) groups is 1. The predicted octanol–water partition coefficient (Wildman–Crippen LogP) is 4.21. The molecule has 0 saturated heterocycles. The number of benzene rings is 1. The lowest BCUT2D eigenvalue weighted by molar-refractivity contribution is 0.0952. The summed E-state index contributed by atoms with van der Waals surface area (Å²) in [5.41, 5.74) is 1.16. The highest BCUT2D eigenvalue weighted by Gasteiger charge is 2.14. The number of anilines is 1. The fraction of sp³-hybridized carbons (Fsp3) is 0.333. The summed E-state index contributed by atoms with van der Waals surface area (Å²) in [5, 5.41) is 12.6. The molecule has 0 unspecified atom stereocenters. The van der Waals surface area contributed by atoms with Gasteiger partial charge in [0.1, 0.15) is 5.82 Å². The normalized spacial score (nSPS) is 11.2. The van der Waals surface area contributed by atoms with Crippen molar-refractivity contribution in [2.45, 2.75) is 31.6 Å². The van der Waals surface area contributed by atoms with Crippen LogP contribution in [0, 0.1) is 0 Å². The molecule has 3 aromatic rings. The van der Waals surface area contributed by atoms with Crippen molar-refractivity contribution in [1.29, 1.82) is 0 Å². The summed E-state index contributed by atoms with van der Waals surface area (Å²) in [5.74, 6) is 0.532. The molecule has 1 amide bonds. The van der Waals surface area contributed by atoms with Gasteiger partial charge in [-0.3, -0.25) is 4.79 Å². The largest absolute Gasteiger partial charge is 0.367 e. The molecule has 0 aliphatic carbocycles. The van der Waals surface area contributed by atoms with Crippen molar-refractivity contribution in [1.82, 2.24) is 25.1 Å². The Morgan fingerprint density at radius 1 is 1.36 bits per heavy atom. The van der Waals surface area contributed by atoms with Crippen molar-refractivity contribution in [3.63, 3.8) is 0 Å². The first kappa shape index (κ1) is 20.9. The van der Waals surface area contributed by atoms with Crippen LogP contribution in [0.15, 0.2) is 34.0 Å². The summed E-state index contributed by atoms with van der Waals surface area (Å²) >= 11 is 10.9. The van der Waals surface area contributed by atoms with Crippen molar-refractivity contribution in [3.05, 3.63) is 39.5 Å². The summed E-state index contributed by atoms with van der Waals surface area (Å²) < 4.78 is 2.57. The van der Waals surface area contributed by atoms with Gasteiger partial charge in [-0.15, -0.1) is 0 Å². The summed E-state index contributed by atoms with van der Waals surface area (Å²) in [4.78, 5) is 21.5. The zero-order valence-electron chi connectivity index (χ0n) is 15.7. The van der Waals surface area contributed by atoms with E-state index >= 15 is 0 Å². The number of hydrogen-bond acceptors (Lipinski definition) is 6. The van der Waals surface area contributed by atoms with Crippen LogP contribution in [0.5, 0.6) is 0 Å². The Morgan fingerprint density at radius 3 is 2.86 bits per heavy atom. The van der Waals surface area contributed by atoms with Gasteiger partial charge in [-0.05, 0) is 38.3 Å². The minimum Gasteiger partial charge on any atom is -0.367 e. The molecule has 28 heavy (non-hydrogen) atoms. The van der Waals surface area contributed by atoms with Crippen LogP contribution in [0.2, 0.25) is 5.02 Å². The van der Waals surface area contributed by atoms with Crippen LogP contribution in [0.3, 0.4) is 0 Å². The van der Waals surface area contributed by atoms with Gasteiger partial charge in [0.25, 0.3) is 5.91 Å². The molecular weight excluding hydrogens is 464 g/mol. The van der Waals surface area contributed by atoms with E-state index in [1.54, 1.807) is 29.1 Å². The molecule has 0 spiro atoms. The van der Waals surface area contributed by atoms with Crippen molar-refractivity contribution in [2.24, 2.45) is 0 Å². The highest BCUT2D eigenvalue weighted by atomic mass is 79.9. The average molecular weight is 484 g/mol. The summed E-state index contributed by atoms with van der Waals surface area (Å²) in [7, 11) is 0. The highest BCUT2D eigenvalue weighted by Crippen LogP contribution is 2.24. The fourth-order valence-electron chi connectivity index (χ4n) is 2.62. The Morgan fingerprint density at radius 2 is 2.14 bits per heavy atom. The molecule has 3 rings (SSSR count). The Balaban J connectivity index is 1.76. The average Bonchev–Trinajstić information content (AvgIpc) is 3.06. The first-order chi connectivity index (χ1) is 13.4. The van der Waals surface area contributed by atoms with E-state index in [9.17, 15) is 4.79 Å². The van der Waals surface area contributed by atoms with E-state index < -0.39 is 0 Å². The Bertz CT molecular complexity index is 1010. The number of halogens is 2. The molecule has 0 aliphatic heterocycles. The molecule has 0 atom stereocenters. The zero-order chi connectivity index (χ0) is 20.3. The number of carbonyl (C=O) groups is 1. The highest BCUT2D eigenvalue weighted by molar-refractivity contribution is 9.10. The third kappa shape index (κ3) is 4.76. The molecule has 0 aliphatic rings. The SMILES string of the molecule is CSc1nc(NC(C)C)c2cnn(CCNC(=O)c3cc(Br)ccc3Cl)c2n1. The second kappa shape index (κ2) is 9.11. The quantitative estimate of drug-likeness (QED) is 0.387. The molecule has 10 heteroatoms. The molecular formula is C18H20BrClN6OS. The van der Waals surface area contributed by atoms with Gasteiger partial charge in [0, 0.05) is 17.1 Å². The van der Waals surface area contributed by atoms with E-state index in [-0.39, 0.29) is 11.9 Å². The minimum atomic E-state index is -0.232. The Hall–Kier alpha value is -1.84. The van der Waals surface area contributed by atoms with Crippen LogP contribution in [-0.2, 0) is 6.54 Å². The molecule has 2 N–H and O–H groups in total. The van der Waals surface area contributed by atoms with E-state index in [0.717, 1.165) is 21.3 Å². The van der Waals surface area contributed by atoms with Crippen molar-refractivity contribution in [2.75, 3.05) is 18.1 Å². The second-order valence-electron chi connectivity index (χ2n) is 6.34. The molecule has 2 aromatic heterocycles. The van der Waals surface area contributed by atoms with Crippen LogP contribution in [0.4, 0.5) is 5.82 Å². The van der Waals surface area contributed by atoms with Crippen LogP contribution >= 0.6 is 39.3 Å². The monoisotopic (exact) mass is 482 g/mol. The third-order valence-corrected chi connectivity index (χ3v) is 5.24. The molecule has 0 fully saturated rings. The standard InChI is InChI=1S/C18H20BrClN6OS/c1-10(2)23-15-13-9-22-26(16(13)25-18(24-15)28-3)7-6-21-17(27)12-8-11(19)4-5-14(12)20/h4-5,8-10H,6-7H2,1-3H3,(H,21,27)(H,23,24,25). The lowest BCUT2D eigenvalue weighted by Gasteiger charge is -2.11. The lowest BCUT2D eigenvalue weighted by atomic mass is 10.2. The Labute approximate surface area is 180 Å². The first-order valence-corrected chi connectivity index (χ1v) is 11.1. The van der Waals surface area contributed by atoms with Crippen LogP contribution in [-0.4, -0.2) is 44.5 Å². The molecule has 7 nitrogen and oxygen atoms in total. The van der Waals surface area contributed by atoms with Gasteiger partial charge in [-0.25, -0.2) is 14.6 Å².